The average molecular weight is 524 g/mol. The molecule has 3 aromatic rings. The zero-order chi connectivity index (χ0) is 26.2. The number of aryl methyl sites for hydroxylation is 2. The highest BCUT2D eigenvalue weighted by atomic mass is 32.1. The summed E-state index contributed by atoms with van der Waals surface area (Å²) in [5.41, 5.74) is 2.48. The molecule has 0 radical (unpaired) electrons. The van der Waals surface area contributed by atoms with Crippen molar-refractivity contribution in [3.05, 3.63) is 92.9 Å². The summed E-state index contributed by atoms with van der Waals surface area (Å²) in [6.45, 7) is 8.87. The predicted molar refractivity (Wildman–Crippen MR) is 144 cm³/mol. The number of ether oxygens (including phenoxy) is 1. The Morgan fingerprint density at radius 1 is 0.919 bits per heavy atom. The Balaban J connectivity index is 1.53. The van der Waals surface area contributed by atoms with Gasteiger partial charge < -0.3 is 14.5 Å². The van der Waals surface area contributed by atoms with Gasteiger partial charge in [0.2, 0.25) is 5.91 Å². The molecule has 1 aliphatic heterocycles. The lowest BCUT2D eigenvalue weighted by molar-refractivity contribution is -0.133. The Bertz CT molecular complexity index is 1170. The molecule has 0 saturated carbocycles. The minimum atomic E-state index is -0.312. The highest BCUT2D eigenvalue weighted by molar-refractivity contribution is 7.11. The summed E-state index contributed by atoms with van der Waals surface area (Å²) in [6, 6.07) is 17.7. The highest BCUT2D eigenvalue weighted by Crippen LogP contribution is 2.19. The van der Waals surface area contributed by atoms with Crippen LogP contribution in [0.4, 0.5) is 4.39 Å². The molecule has 0 spiro atoms. The van der Waals surface area contributed by atoms with Gasteiger partial charge in [0.15, 0.2) is 0 Å². The van der Waals surface area contributed by atoms with E-state index in [1.165, 1.54) is 17.0 Å². The van der Waals surface area contributed by atoms with Crippen LogP contribution in [0, 0.1) is 19.7 Å². The van der Waals surface area contributed by atoms with Crippen LogP contribution in [0.25, 0.3) is 0 Å². The van der Waals surface area contributed by atoms with Crippen molar-refractivity contribution < 1.29 is 18.7 Å². The van der Waals surface area contributed by atoms with Gasteiger partial charge in [0.1, 0.15) is 12.4 Å². The van der Waals surface area contributed by atoms with Crippen molar-refractivity contribution in [1.82, 2.24) is 14.7 Å². The molecular weight excluding hydrogens is 489 g/mol. The summed E-state index contributed by atoms with van der Waals surface area (Å²) in [6.07, 6.45) is 0. The molecule has 2 aromatic carbocycles. The standard InChI is InChI=1S/C29H34FN3O3S/c1-22-3-8-25(9-4-22)29(35)32(14-13-31-15-17-36-18-16-31)21-28(34)33(20-27-12-5-23(2)37-27)19-24-6-10-26(30)11-7-24/h3-12H,13-21H2,1-2H3. The van der Waals surface area contributed by atoms with Gasteiger partial charge in [-0.15, -0.1) is 11.3 Å². The fourth-order valence-corrected chi connectivity index (χ4v) is 5.19. The van der Waals surface area contributed by atoms with Crippen LogP contribution in [0.1, 0.15) is 31.2 Å². The summed E-state index contributed by atoms with van der Waals surface area (Å²) < 4.78 is 18.9. The van der Waals surface area contributed by atoms with Gasteiger partial charge in [-0.2, -0.15) is 0 Å². The predicted octanol–water partition coefficient (Wildman–Crippen LogP) is 4.51. The van der Waals surface area contributed by atoms with Gasteiger partial charge in [-0.1, -0.05) is 29.8 Å². The Morgan fingerprint density at radius 3 is 2.27 bits per heavy atom. The summed E-state index contributed by atoms with van der Waals surface area (Å²) in [5.74, 6) is -0.610. The lowest BCUT2D eigenvalue weighted by atomic mass is 10.1. The number of thiophene rings is 1. The number of carbonyl (C=O) groups is 2. The van der Waals surface area contributed by atoms with Crippen molar-refractivity contribution >= 4 is 23.2 Å². The van der Waals surface area contributed by atoms with Crippen molar-refractivity contribution in [2.24, 2.45) is 0 Å². The van der Waals surface area contributed by atoms with E-state index in [2.05, 4.69) is 4.90 Å². The second-order valence-electron chi connectivity index (χ2n) is 9.44. The van der Waals surface area contributed by atoms with Gasteiger partial charge in [0, 0.05) is 48.0 Å². The van der Waals surface area contributed by atoms with E-state index in [1.807, 2.05) is 50.2 Å². The molecule has 37 heavy (non-hydrogen) atoms. The first-order valence-electron chi connectivity index (χ1n) is 12.6. The van der Waals surface area contributed by atoms with Crippen molar-refractivity contribution in [2.45, 2.75) is 26.9 Å². The Labute approximate surface area is 222 Å². The van der Waals surface area contributed by atoms with Crippen molar-refractivity contribution in [1.29, 1.82) is 0 Å². The maximum atomic E-state index is 13.7. The topological polar surface area (TPSA) is 53.1 Å². The summed E-state index contributed by atoms with van der Waals surface area (Å²) in [5, 5.41) is 0. The van der Waals surface area contributed by atoms with Crippen LogP contribution in [-0.2, 0) is 22.6 Å². The molecule has 0 unspecified atom stereocenters. The van der Waals surface area contributed by atoms with E-state index in [1.54, 1.807) is 33.3 Å². The smallest absolute Gasteiger partial charge is 0.254 e. The van der Waals surface area contributed by atoms with E-state index in [-0.39, 0.29) is 24.2 Å². The number of nitrogens with zero attached hydrogens (tertiary/aromatic N) is 3. The third kappa shape index (κ3) is 7.95. The van der Waals surface area contributed by atoms with Gasteiger partial charge >= 0.3 is 0 Å². The van der Waals surface area contributed by atoms with Crippen LogP contribution in [0.3, 0.4) is 0 Å². The van der Waals surface area contributed by atoms with Gasteiger partial charge in [-0.3, -0.25) is 14.5 Å². The maximum absolute atomic E-state index is 13.7. The van der Waals surface area contributed by atoms with Gasteiger partial charge in [-0.05, 0) is 55.8 Å². The van der Waals surface area contributed by atoms with E-state index in [9.17, 15) is 14.0 Å². The van der Waals surface area contributed by atoms with Gasteiger partial charge in [-0.25, -0.2) is 4.39 Å². The number of carbonyl (C=O) groups excluding carboxylic acids is 2. The molecular formula is C29H34FN3O3S. The molecule has 0 aliphatic carbocycles. The molecule has 0 bridgehead atoms. The van der Waals surface area contributed by atoms with E-state index in [0.717, 1.165) is 29.1 Å². The van der Waals surface area contributed by atoms with Gasteiger partial charge in [0.05, 0.1) is 19.8 Å². The number of hydrogen-bond donors (Lipinski definition) is 0. The fourth-order valence-electron chi connectivity index (χ4n) is 4.28. The first-order valence-corrected chi connectivity index (χ1v) is 13.4. The molecule has 196 valence electrons. The van der Waals surface area contributed by atoms with Crippen LogP contribution in [0.5, 0.6) is 0 Å². The molecule has 6 nitrogen and oxygen atoms in total. The number of rotatable bonds is 10. The Kier molecular flexibility index (Phi) is 9.44. The van der Waals surface area contributed by atoms with E-state index in [0.29, 0.717) is 45.0 Å². The monoisotopic (exact) mass is 523 g/mol. The zero-order valence-electron chi connectivity index (χ0n) is 21.5. The van der Waals surface area contributed by atoms with Crippen LogP contribution < -0.4 is 0 Å². The van der Waals surface area contributed by atoms with E-state index < -0.39 is 0 Å². The quantitative estimate of drug-likeness (QED) is 0.393. The van der Waals surface area contributed by atoms with E-state index in [4.69, 9.17) is 4.74 Å². The number of hydrogen-bond acceptors (Lipinski definition) is 5. The largest absolute Gasteiger partial charge is 0.379 e. The lowest BCUT2D eigenvalue weighted by Crippen LogP contribution is -2.47. The van der Waals surface area contributed by atoms with Crippen molar-refractivity contribution in [2.75, 3.05) is 45.9 Å². The number of amides is 2. The van der Waals surface area contributed by atoms with Crippen LogP contribution >= 0.6 is 11.3 Å². The first kappa shape index (κ1) is 27.0. The molecule has 0 atom stereocenters. The molecule has 8 heteroatoms. The average Bonchev–Trinajstić information content (AvgIpc) is 3.32. The number of benzene rings is 2. The molecule has 1 aliphatic rings. The molecule has 1 fully saturated rings. The van der Waals surface area contributed by atoms with E-state index >= 15 is 0 Å². The maximum Gasteiger partial charge on any atom is 0.254 e. The fraction of sp³-hybridized carbons (Fsp3) is 0.379. The summed E-state index contributed by atoms with van der Waals surface area (Å²) >= 11 is 1.65. The minimum absolute atomic E-state index is 0.0252. The summed E-state index contributed by atoms with van der Waals surface area (Å²) in [7, 11) is 0. The molecule has 4 rings (SSSR count). The third-order valence-electron chi connectivity index (χ3n) is 6.48. The molecule has 0 N–H and O–H groups in total. The number of morpholine rings is 1. The normalized spacial score (nSPS) is 13.9. The molecule has 1 aromatic heterocycles. The van der Waals surface area contributed by atoms with Crippen molar-refractivity contribution in [3.8, 4) is 0 Å². The summed E-state index contributed by atoms with van der Waals surface area (Å²) in [4.78, 5) is 35.1. The van der Waals surface area contributed by atoms with Crippen LogP contribution in [-0.4, -0.2) is 72.5 Å². The third-order valence-corrected chi connectivity index (χ3v) is 7.47. The zero-order valence-corrected chi connectivity index (χ0v) is 22.3. The van der Waals surface area contributed by atoms with Crippen LogP contribution in [0.15, 0.2) is 60.7 Å². The number of halogens is 1. The van der Waals surface area contributed by atoms with Crippen LogP contribution in [0.2, 0.25) is 0 Å². The van der Waals surface area contributed by atoms with Crippen molar-refractivity contribution in [3.63, 3.8) is 0 Å². The minimum Gasteiger partial charge on any atom is -0.379 e. The SMILES string of the molecule is Cc1ccc(C(=O)N(CCN2CCOCC2)CC(=O)N(Cc2ccc(F)cc2)Cc2ccc(C)s2)cc1. The second-order valence-corrected chi connectivity index (χ2v) is 10.8. The van der Waals surface area contributed by atoms with Gasteiger partial charge in [0.25, 0.3) is 5.91 Å². The Morgan fingerprint density at radius 2 is 1.62 bits per heavy atom. The molecule has 1 saturated heterocycles. The first-order chi connectivity index (χ1) is 17.9. The molecule has 2 amide bonds. The molecule has 2 heterocycles. The lowest BCUT2D eigenvalue weighted by Gasteiger charge is -2.31. The Hall–Kier alpha value is -3.07. The highest BCUT2D eigenvalue weighted by Gasteiger charge is 2.24. The second kappa shape index (κ2) is 12.9.